The zero-order valence-corrected chi connectivity index (χ0v) is 18.7. The zero-order chi connectivity index (χ0) is 20.5. The minimum absolute atomic E-state index is 0.104. The van der Waals surface area contributed by atoms with E-state index in [4.69, 9.17) is 17.3 Å². The van der Waals surface area contributed by atoms with Gasteiger partial charge in [0.05, 0.1) is 14.7 Å². The highest BCUT2D eigenvalue weighted by molar-refractivity contribution is 14.1. The van der Waals surface area contributed by atoms with Gasteiger partial charge in [-0.15, -0.1) is 0 Å². The summed E-state index contributed by atoms with van der Waals surface area (Å²) in [5.74, 6) is -0.0620. The van der Waals surface area contributed by atoms with Crippen molar-refractivity contribution in [2.45, 2.75) is 25.5 Å². The first-order chi connectivity index (χ1) is 14.0. The number of aliphatic hydroxyl groups excluding tert-OH is 1. The monoisotopic (exact) mass is 524 g/mol. The molecule has 2 aromatic heterocycles. The van der Waals surface area contributed by atoms with Crippen molar-refractivity contribution in [3.05, 3.63) is 68.1 Å². The second kappa shape index (κ2) is 8.59. The lowest BCUT2D eigenvalue weighted by Crippen LogP contribution is -2.47. The molecule has 8 heteroatoms. The molecule has 152 valence electrons. The smallest absolute Gasteiger partial charge is 0.274 e. The lowest BCUT2D eigenvalue weighted by Gasteiger charge is -2.36. The molecule has 4 rings (SSSR count). The molecule has 3 aromatic rings. The maximum Gasteiger partial charge on any atom is 0.274 e. The molecule has 3 N–H and O–H groups in total. The number of benzene rings is 1. The fraction of sp³-hybridized carbons (Fsp3) is 0.333. The molecule has 0 aliphatic carbocycles. The number of nitrogens with two attached hydrogens (primary N) is 1. The number of rotatable bonds is 4. The fourth-order valence-corrected chi connectivity index (χ4v) is 4.62. The molecule has 1 aliphatic rings. The summed E-state index contributed by atoms with van der Waals surface area (Å²) in [7, 11) is 0. The number of halogens is 2. The fourth-order valence-electron chi connectivity index (χ4n) is 3.90. The van der Waals surface area contributed by atoms with Gasteiger partial charge in [0.25, 0.3) is 5.91 Å². The van der Waals surface area contributed by atoms with Crippen LogP contribution in [0.5, 0.6) is 0 Å². The predicted molar refractivity (Wildman–Crippen MR) is 121 cm³/mol. The number of amides is 1. The average molecular weight is 525 g/mol. The molecule has 1 saturated heterocycles. The van der Waals surface area contributed by atoms with Crippen LogP contribution in [0.2, 0.25) is 5.02 Å². The van der Waals surface area contributed by atoms with Crippen LogP contribution < -0.4 is 5.73 Å². The van der Waals surface area contributed by atoms with Crippen molar-refractivity contribution in [2.75, 3.05) is 13.1 Å². The molecule has 2 atom stereocenters. The van der Waals surface area contributed by atoms with Crippen LogP contribution in [0.4, 0.5) is 0 Å². The summed E-state index contributed by atoms with van der Waals surface area (Å²) in [4.78, 5) is 19.1. The standard InChI is InChI=1S/C21H22ClIN4O2/c22-16-6-8-26-11-17(25-20(26)19(16)23)21(29)27-7-5-14(18(28)12-27)9-13-3-1-2-4-15(13)10-24/h1-4,6,8,11,14,18,28H,5,7,9-10,12,24H2/t14?,18-/m1/s1. The van der Waals surface area contributed by atoms with Gasteiger partial charge >= 0.3 is 0 Å². The number of aromatic nitrogens is 2. The second-order valence-electron chi connectivity index (χ2n) is 7.38. The van der Waals surface area contributed by atoms with Gasteiger partial charge in [-0.3, -0.25) is 4.79 Å². The Balaban J connectivity index is 1.47. The number of imidazole rings is 1. The van der Waals surface area contributed by atoms with Crippen molar-refractivity contribution >= 4 is 45.7 Å². The first kappa shape index (κ1) is 20.6. The second-order valence-corrected chi connectivity index (χ2v) is 8.86. The molecule has 0 bridgehead atoms. The van der Waals surface area contributed by atoms with E-state index in [1.54, 1.807) is 27.8 Å². The summed E-state index contributed by atoms with van der Waals surface area (Å²) in [5.41, 5.74) is 9.14. The van der Waals surface area contributed by atoms with Gasteiger partial charge in [0.1, 0.15) is 5.69 Å². The number of fused-ring (bicyclic) bond motifs is 1. The van der Waals surface area contributed by atoms with Crippen molar-refractivity contribution in [1.29, 1.82) is 0 Å². The van der Waals surface area contributed by atoms with Gasteiger partial charge in [0, 0.05) is 32.0 Å². The van der Waals surface area contributed by atoms with E-state index in [0.29, 0.717) is 36.0 Å². The van der Waals surface area contributed by atoms with Crippen molar-refractivity contribution in [3.63, 3.8) is 0 Å². The predicted octanol–water partition coefficient (Wildman–Crippen LogP) is 3.12. The first-order valence-electron chi connectivity index (χ1n) is 9.55. The summed E-state index contributed by atoms with van der Waals surface area (Å²) >= 11 is 8.28. The lowest BCUT2D eigenvalue weighted by atomic mass is 9.86. The summed E-state index contributed by atoms with van der Waals surface area (Å²) in [6.07, 6.45) is 4.43. The third kappa shape index (κ3) is 4.14. The third-order valence-electron chi connectivity index (χ3n) is 5.57. The summed E-state index contributed by atoms with van der Waals surface area (Å²) in [6.45, 7) is 1.39. The van der Waals surface area contributed by atoms with Crippen LogP contribution in [0.3, 0.4) is 0 Å². The number of carbonyl (C=O) groups is 1. The number of pyridine rings is 1. The molecule has 1 aliphatic heterocycles. The molecular formula is C21H22ClIN4O2. The van der Waals surface area contributed by atoms with Crippen LogP contribution in [0, 0.1) is 9.49 Å². The van der Waals surface area contributed by atoms with E-state index in [2.05, 4.69) is 33.6 Å². The molecule has 29 heavy (non-hydrogen) atoms. The molecule has 1 amide bonds. The van der Waals surface area contributed by atoms with Crippen molar-refractivity contribution in [2.24, 2.45) is 11.7 Å². The van der Waals surface area contributed by atoms with Gasteiger partial charge in [-0.2, -0.15) is 0 Å². The number of nitrogens with zero attached hydrogens (tertiary/aromatic N) is 3. The van der Waals surface area contributed by atoms with E-state index in [-0.39, 0.29) is 11.8 Å². The van der Waals surface area contributed by atoms with Gasteiger partial charge in [-0.25, -0.2) is 4.98 Å². The third-order valence-corrected chi connectivity index (χ3v) is 7.27. The van der Waals surface area contributed by atoms with Crippen LogP contribution in [0.1, 0.15) is 28.0 Å². The molecule has 3 heterocycles. The Labute approximate surface area is 187 Å². The first-order valence-corrected chi connectivity index (χ1v) is 11.0. The molecule has 1 fully saturated rings. The Morgan fingerprint density at radius 1 is 1.31 bits per heavy atom. The Kier molecular flexibility index (Phi) is 6.10. The molecule has 1 aromatic carbocycles. The maximum absolute atomic E-state index is 13.0. The van der Waals surface area contributed by atoms with E-state index in [9.17, 15) is 9.90 Å². The Hall–Kier alpha value is -1.68. The van der Waals surface area contributed by atoms with Crippen LogP contribution >= 0.6 is 34.2 Å². The largest absolute Gasteiger partial charge is 0.391 e. The van der Waals surface area contributed by atoms with Crippen molar-refractivity contribution < 1.29 is 9.90 Å². The van der Waals surface area contributed by atoms with Gasteiger partial charge < -0.3 is 20.1 Å². The molecule has 0 radical (unpaired) electrons. The van der Waals surface area contributed by atoms with E-state index in [1.807, 2.05) is 18.2 Å². The van der Waals surface area contributed by atoms with E-state index in [0.717, 1.165) is 22.0 Å². The van der Waals surface area contributed by atoms with E-state index >= 15 is 0 Å². The molecule has 0 saturated carbocycles. The topological polar surface area (TPSA) is 83.9 Å². The van der Waals surface area contributed by atoms with Crippen LogP contribution in [0.25, 0.3) is 5.65 Å². The number of aliphatic hydroxyl groups is 1. The maximum atomic E-state index is 13.0. The minimum Gasteiger partial charge on any atom is -0.391 e. The van der Waals surface area contributed by atoms with Crippen LogP contribution in [-0.2, 0) is 13.0 Å². The number of carbonyl (C=O) groups excluding carboxylic acids is 1. The Morgan fingerprint density at radius 2 is 2.07 bits per heavy atom. The minimum atomic E-state index is -0.579. The highest BCUT2D eigenvalue weighted by Gasteiger charge is 2.32. The van der Waals surface area contributed by atoms with E-state index < -0.39 is 6.10 Å². The van der Waals surface area contributed by atoms with Crippen LogP contribution in [0.15, 0.2) is 42.7 Å². The molecule has 0 spiro atoms. The number of hydrogen-bond donors (Lipinski definition) is 2. The Bertz CT molecular complexity index is 1050. The average Bonchev–Trinajstić information content (AvgIpc) is 3.17. The summed E-state index contributed by atoms with van der Waals surface area (Å²) < 4.78 is 2.61. The number of β-amino-alcohol motifs (C(OH)–C–C–N with tert-alkyl or cyclic N) is 1. The molecular weight excluding hydrogens is 503 g/mol. The van der Waals surface area contributed by atoms with Gasteiger partial charge in [0.2, 0.25) is 0 Å². The quantitative estimate of drug-likeness (QED) is 0.514. The van der Waals surface area contributed by atoms with Crippen LogP contribution in [-0.4, -0.2) is 44.5 Å². The molecule has 1 unspecified atom stereocenters. The lowest BCUT2D eigenvalue weighted by molar-refractivity contribution is 0.0194. The normalized spacial score (nSPS) is 19.7. The number of hydrogen-bond acceptors (Lipinski definition) is 4. The summed E-state index contributed by atoms with van der Waals surface area (Å²) in [6, 6.07) is 9.84. The van der Waals surface area contributed by atoms with Gasteiger partial charge in [-0.1, -0.05) is 35.9 Å². The zero-order valence-electron chi connectivity index (χ0n) is 15.8. The van der Waals surface area contributed by atoms with Gasteiger partial charge in [0.15, 0.2) is 5.65 Å². The number of likely N-dealkylation sites (tertiary alicyclic amines) is 1. The summed E-state index contributed by atoms with van der Waals surface area (Å²) in [5, 5.41) is 11.3. The molecule has 6 nitrogen and oxygen atoms in total. The van der Waals surface area contributed by atoms with Gasteiger partial charge in [-0.05, 0) is 58.5 Å². The van der Waals surface area contributed by atoms with Crippen molar-refractivity contribution in [1.82, 2.24) is 14.3 Å². The SMILES string of the molecule is NCc1ccccc1CC1CCN(C(=O)c2cn3ccc(Cl)c(I)c3n2)C[C@H]1O. The Morgan fingerprint density at radius 3 is 2.79 bits per heavy atom. The highest BCUT2D eigenvalue weighted by Crippen LogP contribution is 2.26. The highest BCUT2D eigenvalue weighted by atomic mass is 127. The number of piperidine rings is 1. The van der Waals surface area contributed by atoms with Crippen molar-refractivity contribution in [3.8, 4) is 0 Å². The van der Waals surface area contributed by atoms with E-state index in [1.165, 1.54) is 5.56 Å².